The van der Waals surface area contributed by atoms with Crippen LogP contribution < -0.4 is 10.2 Å². The van der Waals surface area contributed by atoms with Gasteiger partial charge < -0.3 is 15.1 Å². The average molecular weight is 415 g/mol. The third-order valence-electron chi connectivity index (χ3n) is 5.98. The highest BCUT2D eigenvalue weighted by Gasteiger charge is 2.37. The summed E-state index contributed by atoms with van der Waals surface area (Å²) in [5.74, 6) is 3.81. The van der Waals surface area contributed by atoms with Gasteiger partial charge in [-0.1, -0.05) is 6.07 Å². The lowest BCUT2D eigenvalue weighted by molar-refractivity contribution is -0.131. The van der Waals surface area contributed by atoms with Gasteiger partial charge in [-0.2, -0.15) is 14.8 Å². The molecule has 0 radical (unpaired) electrons. The number of pyridine rings is 1. The molecule has 0 unspecified atom stereocenters. The maximum atomic E-state index is 12.7. The van der Waals surface area contributed by atoms with Crippen LogP contribution in [0.3, 0.4) is 0 Å². The first-order chi connectivity index (χ1) is 14.3. The zero-order valence-electron chi connectivity index (χ0n) is 16.4. The average Bonchev–Trinajstić information content (AvgIpc) is 3.56. The number of amides is 1. The molecule has 3 aliphatic heterocycles. The molecule has 3 aliphatic rings. The molecule has 3 fully saturated rings. The Morgan fingerprint density at radius 2 is 2.03 bits per heavy atom. The van der Waals surface area contributed by atoms with Gasteiger partial charge in [0, 0.05) is 57.3 Å². The largest absolute Gasteiger partial charge is 0.338 e. The minimum Gasteiger partial charge on any atom is -0.338 e. The number of piperazine rings is 1. The number of aromatic nitrogens is 4. The molecule has 0 saturated carbocycles. The Hall–Kier alpha value is -2.17. The van der Waals surface area contributed by atoms with Crippen LogP contribution in [-0.2, 0) is 4.79 Å². The second kappa shape index (κ2) is 8.29. The van der Waals surface area contributed by atoms with Gasteiger partial charge in [0.25, 0.3) is 0 Å². The number of anilines is 1. The van der Waals surface area contributed by atoms with E-state index in [0.29, 0.717) is 6.04 Å². The van der Waals surface area contributed by atoms with Crippen LogP contribution in [0.4, 0.5) is 5.95 Å². The van der Waals surface area contributed by atoms with Crippen LogP contribution in [0.2, 0.25) is 0 Å². The summed E-state index contributed by atoms with van der Waals surface area (Å²) in [6, 6.07) is 6.19. The van der Waals surface area contributed by atoms with Gasteiger partial charge in [0.2, 0.25) is 11.9 Å². The fraction of sp³-hybridized carbons (Fsp3) is 0.579. The number of carbonyl (C=O) groups is 1. The molecule has 3 saturated heterocycles. The van der Waals surface area contributed by atoms with Crippen LogP contribution in [0.25, 0.3) is 5.82 Å². The molecular weight excluding hydrogens is 388 g/mol. The molecule has 9 nitrogen and oxygen atoms in total. The molecule has 2 atom stereocenters. The number of thioether (sulfide) groups is 1. The van der Waals surface area contributed by atoms with E-state index in [2.05, 4.69) is 30.2 Å². The molecule has 1 amide bonds. The van der Waals surface area contributed by atoms with Crippen molar-refractivity contribution in [3.63, 3.8) is 0 Å². The van der Waals surface area contributed by atoms with Crippen LogP contribution >= 0.6 is 11.8 Å². The van der Waals surface area contributed by atoms with Crippen molar-refractivity contribution in [2.24, 2.45) is 0 Å². The highest BCUT2D eigenvalue weighted by molar-refractivity contribution is 7.99. The zero-order chi connectivity index (χ0) is 19.6. The molecule has 0 aliphatic carbocycles. The van der Waals surface area contributed by atoms with Crippen molar-refractivity contribution < 1.29 is 4.79 Å². The predicted molar refractivity (Wildman–Crippen MR) is 112 cm³/mol. The normalized spacial score (nSPS) is 25.7. The summed E-state index contributed by atoms with van der Waals surface area (Å²) in [7, 11) is 0. The highest BCUT2D eigenvalue weighted by Crippen LogP contribution is 2.22. The monoisotopic (exact) mass is 414 g/mol. The maximum absolute atomic E-state index is 12.7. The van der Waals surface area contributed by atoms with Crippen molar-refractivity contribution in [2.75, 3.05) is 55.8 Å². The van der Waals surface area contributed by atoms with E-state index in [1.54, 1.807) is 17.2 Å². The Labute approximate surface area is 174 Å². The SMILES string of the molecule is O=C([C@@H]1C[C@H](N2CCN(c3ncnn3-c3ccccn3)CC2)CN1)N1CCSC1. The van der Waals surface area contributed by atoms with E-state index >= 15 is 0 Å². The minimum absolute atomic E-state index is 0.0241. The molecular formula is C19H26N8OS. The standard InChI is InChI=1S/C19H26N8OS/c28-18(26-9-10-29-14-26)16-11-15(12-21-16)24-5-7-25(8-6-24)19-22-13-23-27(19)17-3-1-2-4-20-17/h1-4,13,15-16,21H,5-12,14H2/t15-,16-/m0/s1. The van der Waals surface area contributed by atoms with E-state index in [1.807, 2.05) is 34.9 Å². The molecule has 10 heteroatoms. The summed E-state index contributed by atoms with van der Waals surface area (Å²) in [6.45, 7) is 5.49. The lowest BCUT2D eigenvalue weighted by Crippen LogP contribution is -2.51. The first-order valence-electron chi connectivity index (χ1n) is 10.2. The van der Waals surface area contributed by atoms with E-state index in [0.717, 1.165) is 69.1 Å². The van der Waals surface area contributed by atoms with Gasteiger partial charge in [-0.05, 0) is 18.6 Å². The van der Waals surface area contributed by atoms with Gasteiger partial charge in [-0.15, -0.1) is 11.8 Å². The summed E-state index contributed by atoms with van der Waals surface area (Å²) < 4.78 is 1.80. The van der Waals surface area contributed by atoms with Crippen LogP contribution in [0.1, 0.15) is 6.42 Å². The third-order valence-corrected chi connectivity index (χ3v) is 6.95. The minimum atomic E-state index is -0.0241. The van der Waals surface area contributed by atoms with Gasteiger partial charge in [0.15, 0.2) is 5.82 Å². The Morgan fingerprint density at radius 3 is 2.79 bits per heavy atom. The van der Waals surface area contributed by atoms with Gasteiger partial charge in [-0.3, -0.25) is 9.69 Å². The maximum Gasteiger partial charge on any atom is 0.240 e. The van der Waals surface area contributed by atoms with Crippen LogP contribution in [-0.4, -0.2) is 98.4 Å². The fourth-order valence-electron chi connectivity index (χ4n) is 4.37. The summed E-state index contributed by atoms with van der Waals surface area (Å²) in [5, 5.41) is 7.82. The first kappa shape index (κ1) is 18.8. The lowest BCUT2D eigenvalue weighted by atomic mass is 10.1. The molecule has 2 aromatic heterocycles. The van der Waals surface area contributed by atoms with E-state index in [-0.39, 0.29) is 11.9 Å². The highest BCUT2D eigenvalue weighted by atomic mass is 32.2. The first-order valence-corrected chi connectivity index (χ1v) is 11.4. The lowest BCUT2D eigenvalue weighted by Gasteiger charge is -2.38. The summed E-state index contributed by atoms with van der Waals surface area (Å²) in [6.07, 6.45) is 4.26. The zero-order valence-corrected chi connectivity index (χ0v) is 17.2. The number of carbonyl (C=O) groups excluding carboxylic acids is 1. The summed E-state index contributed by atoms with van der Waals surface area (Å²) in [4.78, 5) is 28.3. The molecule has 1 N–H and O–H groups in total. The molecule has 0 spiro atoms. The number of nitrogens with zero attached hydrogens (tertiary/aromatic N) is 7. The van der Waals surface area contributed by atoms with E-state index < -0.39 is 0 Å². The second-order valence-electron chi connectivity index (χ2n) is 7.67. The predicted octanol–water partition coefficient (Wildman–Crippen LogP) is 0.0477. The summed E-state index contributed by atoms with van der Waals surface area (Å²) >= 11 is 1.84. The molecule has 154 valence electrons. The van der Waals surface area contributed by atoms with Crippen molar-refractivity contribution >= 4 is 23.6 Å². The third kappa shape index (κ3) is 3.84. The quantitative estimate of drug-likeness (QED) is 0.752. The Balaban J connectivity index is 1.18. The molecule has 5 heterocycles. The van der Waals surface area contributed by atoms with Crippen molar-refractivity contribution in [1.82, 2.24) is 34.9 Å². The van der Waals surface area contributed by atoms with Crippen molar-refractivity contribution in [2.45, 2.75) is 18.5 Å². The van der Waals surface area contributed by atoms with E-state index in [4.69, 9.17) is 0 Å². The Morgan fingerprint density at radius 1 is 1.14 bits per heavy atom. The molecule has 0 bridgehead atoms. The van der Waals surface area contributed by atoms with Gasteiger partial charge in [0.05, 0.1) is 11.9 Å². The second-order valence-corrected chi connectivity index (χ2v) is 8.75. The number of nitrogens with one attached hydrogen (secondary N) is 1. The topological polar surface area (TPSA) is 82.4 Å². The van der Waals surface area contributed by atoms with Gasteiger partial charge >= 0.3 is 0 Å². The molecule has 2 aromatic rings. The molecule has 5 rings (SSSR count). The summed E-state index contributed by atoms with van der Waals surface area (Å²) in [5.41, 5.74) is 0. The van der Waals surface area contributed by atoms with Gasteiger partial charge in [0.1, 0.15) is 6.33 Å². The van der Waals surface area contributed by atoms with Crippen molar-refractivity contribution in [1.29, 1.82) is 0 Å². The van der Waals surface area contributed by atoms with Gasteiger partial charge in [-0.25, -0.2) is 4.98 Å². The smallest absolute Gasteiger partial charge is 0.240 e. The van der Waals surface area contributed by atoms with Crippen LogP contribution in [0.5, 0.6) is 0 Å². The van der Waals surface area contributed by atoms with Crippen LogP contribution in [0.15, 0.2) is 30.7 Å². The van der Waals surface area contributed by atoms with E-state index in [1.165, 1.54) is 0 Å². The number of hydrogen-bond donors (Lipinski definition) is 1. The number of hydrogen-bond acceptors (Lipinski definition) is 8. The fourth-order valence-corrected chi connectivity index (χ4v) is 5.33. The number of rotatable bonds is 4. The van der Waals surface area contributed by atoms with Crippen LogP contribution in [0, 0.1) is 0 Å². The van der Waals surface area contributed by atoms with E-state index in [9.17, 15) is 4.79 Å². The van der Waals surface area contributed by atoms with Crippen molar-refractivity contribution in [3.05, 3.63) is 30.7 Å². The Kier molecular flexibility index (Phi) is 5.38. The Bertz CT molecular complexity index is 832. The molecule has 29 heavy (non-hydrogen) atoms. The van der Waals surface area contributed by atoms with Crippen molar-refractivity contribution in [3.8, 4) is 5.82 Å². The molecule has 0 aromatic carbocycles.